The van der Waals surface area contributed by atoms with E-state index in [1.165, 1.54) is 14.2 Å². The maximum atomic E-state index is 12.1. The third kappa shape index (κ3) is 3.68. The van der Waals surface area contributed by atoms with Crippen molar-refractivity contribution in [1.29, 1.82) is 0 Å². The van der Waals surface area contributed by atoms with Gasteiger partial charge in [0.25, 0.3) is 0 Å². The van der Waals surface area contributed by atoms with Crippen LogP contribution in [0.3, 0.4) is 0 Å². The number of rotatable bonds is 5. The zero-order valence-corrected chi connectivity index (χ0v) is 16.2. The van der Waals surface area contributed by atoms with E-state index < -0.39 is 25.7 Å². The second kappa shape index (κ2) is 6.51. The van der Waals surface area contributed by atoms with E-state index in [2.05, 4.69) is 40.4 Å². The smallest absolute Gasteiger partial charge is 0.323 e. The van der Waals surface area contributed by atoms with E-state index in [0.717, 1.165) is 5.57 Å². The molecule has 0 amide bonds. The van der Waals surface area contributed by atoms with Gasteiger partial charge in [-0.05, 0) is 30.1 Å². The summed E-state index contributed by atoms with van der Waals surface area (Å²) in [5.41, 5.74) is -0.552. The van der Waals surface area contributed by atoms with Crippen LogP contribution in [0.4, 0.5) is 0 Å². The summed E-state index contributed by atoms with van der Waals surface area (Å²) in [5, 5.41) is 0.0386. The van der Waals surface area contributed by atoms with E-state index >= 15 is 0 Å². The first-order chi connectivity index (χ1) is 10.4. The van der Waals surface area contributed by atoms with Crippen LogP contribution in [0.5, 0.6) is 0 Å². The van der Waals surface area contributed by atoms with Crippen molar-refractivity contribution in [2.75, 3.05) is 14.2 Å². The highest BCUT2D eigenvalue weighted by Gasteiger charge is 2.52. The van der Waals surface area contributed by atoms with Gasteiger partial charge in [0.05, 0.1) is 20.0 Å². The van der Waals surface area contributed by atoms with Gasteiger partial charge in [0, 0.05) is 6.42 Å². The Morgan fingerprint density at radius 2 is 1.65 bits per heavy atom. The van der Waals surface area contributed by atoms with Gasteiger partial charge in [-0.2, -0.15) is 0 Å². The molecule has 0 heterocycles. The number of carbonyl (C=O) groups excluding carboxylic acids is 2. The molecule has 0 aliphatic heterocycles. The molecule has 0 N–H and O–H groups in total. The predicted octanol–water partition coefficient (Wildman–Crippen LogP) is 3.57. The molecule has 0 saturated heterocycles. The minimum absolute atomic E-state index is 0.0386. The predicted molar refractivity (Wildman–Crippen MR) is 91.2 cm³/mol. The third-order valence-corrected chi connectivity index (χ3v) is 9.25. The molecule has 0 atom stereocenters. The summed E-state index contributed by atoms with van der Waals surface area (Å²) in [7, 11) is 0.514. The van der Waals surface area contributed by atoms with E-state index in [1.807, 2.05) is 6.08 Å². The Balaban J connectivity index is 2.96. The summed E-state index contributed by atoms with van der Waals surface area (Å²) >= 11 is 0. The fraction of sp³-hybridized carbons (Fsp3) is 0.647. The van der Waals surface area contributed by atoms with Crippen molar-refractivity contribution in [1.82, 2.24) is 0 Å². The Labute approximate surface area is 139 Å². The summed E-state index contributed by atoms with van der Waals surface area (Å²) < 4.78 is 15.8. The molecule has 23 heavy (non-hydrogen) atoms. The van der Waals surface area contributed by atoms with Crippen molar-refractivity contribution in [2.45, 2.75) is 51.7 Å². The number of hydrogen-bond donors (Lipinski definition) is 0. The first-order valence-electron chi connectivity index (χ1n) is 7.65. The molecule has 0 aromatic carbocycles. The average Bonchev–Trinajstić information content (AvgIpc) is 2.90. The van der Waals surface area contributed by atoms with Crippen LogP contribution < -0.4 is 0 Å². The Hall–Kier alpha value is -1.56. The summed E-state index contributed by atoms with van der Waals surface area (Å²) in [4.78, 5) is 24.3. The first-order valence-corrected chi connectivity index (χ1v) is 10.6. The summed E-state index contributed by atoms with van der Waals surface area (Å²) in [6.07, 6.45) is 2.25. The van der Waals surface area contributed by atoms with Crippen LogP contribution in [0.25, 0.3) is 0 Å². The lowest BCUT2D eigenvalue weighted by molar-refractivity contribution is -0.168. The molecule has 130 valence electrons. The van der Waals surface area contributed by atoms with Crippen LogP contribution in [0.15, 0.2) is 24.0 Å². The van der Waals surface area contributed by atoms with Gasteiger partial charge in [0.2, 0.25) is 8.32 Å². The van der Waals surface area contributed by atoms with Crippen LogP contribution >= 0.6 is 0 Å². The van der Waals surface area contributed by atoms with Crippen LogP contribution in [-0.2, 0) is 23.5 Å². The van der Waals surface area contributed by atoms with Crippen molar-refractivity contribution in [3.8, 4) is 0 Å². The molecule has 1 rings (SSSR count). The lowest BCUT2D eigenvalue weighted by Crippen LogP contribution is -2.41. The highest BCUT2D eigenvalue weighted by Crippen LogP contribution is 2.44. The van der Waals surface area contributed by atoms with E-state index in [9.17, 15) is 9.59 Å². The molecule has 0 unspecified atom stereocenters. The van der Waals surface area contributed by atoms with Gasteiger partial charge in [-0.3, -0.25) is 9.59 Å². The lowest BCUT2D eigenvalue weighted by Gasteiger charge is -2.37. The summed E-state index contributed by atoms with van der Waals surface area (Å²) in [6, 6.07) is 0. The van der Waals surface area contributed by atoms with Gasteiger partial charge < -0.3 is 13.9 Å². The zero-order chi connectivity index (χ0) is 18.1. The highest BCUT2D eigenvalue weighted by atomic mass is 28.4. The van der Waals surface area contributed by atoms with Crippen LogP contribution in [0.2, 0.25) is 18.1 Å². The fourth-order valence-electron chi connectivity index (χ4n) is 2.29. The van der Waals surface area contributed by atoms with Crippen molar-refractivity contribution < 1.29 is 23.5 Å². The average molecular weight is 340 g/mol. The van der Waals surface area contributed by atoms with Gasteiger partial charge >= 0.3 is 11.9 Å². The SMILES string of the molecule is C=C(O[Si](C)(C)C(C)(C)C)C1=CCC(C(=O)OC)(C(=O)OC)C1. The fourth-order valence-corrected chi connectivity index (χ4v) is 3.34. The maximum absolute atomic E-state index is 12.1. The van der Waals surface area contributed by atoms with Crippen molar-refractivity contribution >= 4 is 20.3 Å². The molecule has 0 spiro atoms. The minimum Gasteiger partial charge on any atom is -0.544 e. The Morgan fingerprint density at radius 3 is 2.04 bits per heavy atom. The molecular weight excluding hydrogens is 312 g/mol. The first kappa shape index (κ1) is 19.5. The van der Waals surface area contributed by atoms with E-state index in [4.69, 9.17) is 13.9 Å². The van der Waals surface area contributed by atoms with E-state index in [1.54, 1.807) is 0 Å². The molecule has 0 aromatic heterocycles. The summed E-state index contributed by atoms with van der Waals surface area (Å²) in [5.74, 6) is -0.641. The number of carbonyl (C=O) groups is 2. The third-order valence-electron chi connectivity index (χ3n) is 4.88. The standard InChI is InChI=1S/C17H28O5Si/c1-12(22-23(7,8)16(2,3)4)13-9-10-17(11-13,14(18)20-5)15(19)21-6/h9H,1,10-11H2,2-8H3. The van der Waals surface area contributed by atoms with Crippen LogP contribution in [-0.4, -0.2) is 34.5 Å². The second-order valence-corrected chi connectivity index (χ2v) is 12.2. The molecular formula is C17H28O5Si. The lowest BCUT2D eigenvalue weighted by atomic mass is 9.84. The Kier molecular flexibility index (Phi) is 5.52. The van der Waals surface area contributed by atoms with Crippen LogP contribution in [0.1, 0.15) is 33.6 Å². The largest absolute Gasteiger partial charge is 0.544 e. The molecule has 1 aliphatic carbocycles. The highest BCUT2D eigenvalue weighted by molar-refractivity contribution is 6.74. The van der Waals surface area contributed by atoms with Gasteiger partial charge in [-0.1, -0.05) is 33.4 Å². The minimum atomic E-state index is -2.03. The number of allylic oxidation sites excluding steroid dienone is 2. The molecule has 0 saturated carbocycles. The number of methoxy groups -OCH3 is 2. The number of hydrogen-bond acceptors (Lipinski definition) is 5. The normalized spacial score (nSPS) is 17.3. The molecule has 1 aliphatic rings. The molecule has 0 fully saturated rings. The second-order valence-electron chi connectivity index (χ2n) is 7.46. The van der Waals surface area contributed by atoms with E-state index in [0.29, 0.717) is 5.76 Å². The van der Waals surface area contributed by atoms with Crippen molar-refractivity contribution in [2.24, 2.45) is 5.41 Å². The van der Waals surface area contributed by atoms with Gasteiger partial charge in [-0.15, -0.1) is 0 Å². The Morgan fingerprint density at radius 1 is 1.17 bits per heavy atom. The molecule has 0 radical (unpaired) electrons. The molecule has 6 heteroatoms. The number of esters is 2. The quantitative estimate of drug-likeness (QED) is 0.331. The molecule has 0 aromatic rings. The topological polar surface area (TPSA) is 61.8 Å². The van der Waals surface area contributed by atoms with Gasteiger partial charge in [0.15, 0.2) is 5.41 Å². The molecule has 5 nitrogen and oxygen atoms in total. The van der Waals surface area contributed by atoms with Gasteiger partial charge in [-0.25, -0.2) is 0 Å². The summed E-state index contributed by atoms with van der Waals surface area (Å²) in [6.45, 7) is 14.7. The van der Waals surface area contributed by atoms with Crippen LogP contribution in [0, 0.1) is 5.41 Å². The molecule has 0 bridgehead atoms. The van der Waals surface area contributed by atoms with Crippen molar-refractivity contribution in [3.05, 3.63) is 24.0 Å². The van der Waals surface area contributed by atoms with Gasteiger partial charge in [0.1, 0.15) is 0 Å². The maximum Gasteiger partial charge on any atom is 0.323 e. The number of ether oxygens (including phenoxy) is 2. The van der Waals surface area contributed by atoms with E-state index in [-0.39, 0.29) is 17.9 Å². The zero-order valence-electron chi connectivity index (χ0n) is 15.2. The Bertz CT molecular complexity index is 524. The van der Waals surface area contributed by atoms with Crippen molar-refractivity contribution in [3.63, 3.8) is 0 Å². The monoisotopic (exact) mass is 340 g/mol.